The number of ether oxygens (including phenoxy) is 2. The van der Waals surface area contributed by atoms with Crippen LogP contribution in [0.4, 0.5) is 0 Å². The number of nitrogens with zero attached hydrogens (tertiary/aromatic N) is 2. The zero-order valence-electron chi connectivity index (χ0n) is 20.0. The second-order valence-electron chi connectivity index (χ2n) is 9.06. The first-order valence-electron chi connectivity index (χ1n) is 12.2. The fourth-order valence-corrected chi connectivity index (χ4v) is 4.16. The molecule has 2 aliphatic rings. The topological polar surface area (TPSA) is 58.1 Å². The Kier molecular flexibility index (Phi) is 13.5. The monoisotopic (exact) mass is 558 g/mol. The van der Waals surface area contributed by atoms with Gasteiger partial charge in [0.15, 0.2) is 5.96 Å². The van der Waals surface area contributed by atoms with Gasteiger partial charge in [-0.05, 0) is 62.7 Å². The van der Waals surface area contributed by atoms with Gasteiger partial charge in [0.2, 0.25) is 0 Å². The number of benzene rings is 1. The van der Waals surface area contributed by atoms with Crippen LogP contribution in [0, 0.1) is 11.8 Å². The molecule has 1 aromatic rings. The number of rotatable bonds is 11. The lowest BCUT2D eigenvalue weighted by atomic mass is 9.98. The summed E-state index contributed by atoms with van der Waals surface area (Å²) in [6.45, 7) is 13.7. The molecule has 0 aromatic heterocycles. The second-order valence-corrected chi connectivity index (χ2v) is 9.06. The molecule has 2 heterocycles. The highest BCUT2D eigenvalue weighted by molar-refractivity contribution is 14.0. The summed E-state index contributed by atoms with van der Waals surface area (Å²) in [6, 6.07) is 8.90. The van der Waals surface area contributed by atoms with Crippen molar-refractivity contribution in [2.45, 2.75) is 52.6 Å². The molecule has 2 N–H and O–H groups in total. The summed E-state index contributed by atoms with van der Waals surface area (Å²) in [7, 11) is 0. The van der Waals surface area contributed by atoms with Gasteiger partial charge in [0.1, 0.15) is 0 Å². The molecule has 1 aromatic carbocycles. The average Bonchev–Trinajstić information content (AvgIpc) is 3.30. The number of likely N-dealkylation sites (tertiary alicyclic amines) is 1. The maximum absolute atomic E-state index is 5.79. The molecule has 2 saturated heterocycles. The zero-order chi connectivity index (χ0) is 21.7. The molecule has 0 spiro atoms. The van der Waals surface area contributed by atoms with E-state index in [-0.39, 0.29) is 24.0 Å². The number of piperidine rings is 1. The molecule has 0 amide bonds. The number of guanidine groups is 1. The summed E-state index contributed by atoms with van der Waals surface area (Å²) in [6.07, 6.45) is 4.75. The van der Waals surface area contributed by atoms with Gasteiger partial charge in [0.25, 0.3) is 0 Å². The Labute approximate surface area is 211 Å². The van der Waals surface area contributed by atoms with E-state index in [4.69, 9.17) is 14.5 Å². The normalized spacial score (nSPS) is 20.2. The van der Waals surface area contributed by atoms with E-state index in [0.29, 0.717) is 12.5 Å². The minimum atomic E-state index is 0. The van der Waals surface area contributed by atoms with E-state index in [1.54, 1.807) is 0 Å². The second kappa shape index (κ2) is 15.9. The lowest BCUT2D eigenvalue weighted by Crippen LogP contribution is -2.38. The summed E-state index contributed by atoms with van der Waals surface area (Å²) in [5.41, 5.74) is 2.66. The Bertz CT molecular complexity index is 659. The van der Waals surface area contributed by atoms with Crippen molar-refractivity contribution in [1.82, 2.24) is 15.5 Å². The molecule has 3 rings (SSSR count). The third-order valence-corrected chi connectivity index (χ3v) is 6.17. The number of halogens is 1. The average molecular weight is 559 g/mol. The highest BCUT2D eigenvalue weighted by Gasteiger charge is 2.16. The van der Waals surface area contributed by atoms with E-state index >= 15 is 0 Å². The van der Waals surface area contributed by atoms with Crippen molar-refractivity contribution in [2.24, 2.45) is 16.8 Å². The number of hydrogen-bond donors (Lipinski definition) is 2. The molecule has 2 aliphatic heterocycles. The van der Waals surface area contributed by atoms with Crippen molar-refractivity contribution in [3.63, 3.8) is 0 Å². The van der Waals surface area contributed by atoms with Crippen molar-refractivity contribution in [3.05, 3.63) is 35.4 Å². The maximum atomic E-state index is 5.79. The van der Waals surface area contributed by atoms with E-state index in [2.05, 4.69) is 53.6 Å². The lowest BCUT2D eigenvalue weighted by Gasteiger charge is -2.30. The van der Waals surface area contributed by atoms with Crippen molar-refractivity contribution < 1.29 is 9.47 Å². The summed E-state index contributed by atoms with van der Waals surface area (Å²) in [5, 5.41) is 6.78. The van der Waals surface area contributed by atoms with Crippen LogP contribution in [0.5, 0.6) is 0 Å². The Morgan fingerprint density at radius 3 is 2.75 bits per heavy atom. The Balaban J connectivity index is 0.00000363. The summed E-state index contributed by atoms with van der Waals surface area (Å²) >= 11 is 0. The molecule has 182 valence electrons. The first-order chi connectivity index (χ1) is 15.2. The van der Waals surface area contributed by atoms with Crippen molar-refractivity contribution in [2.75, 3.05) is 52.6 Å². The van der Waals surface area contributed by atoms with Gasteiger partial charge in [0.05, 0.1) is 19.8 Å². The molecule has 0 aliphatic carbocycles. The van der Waals surface area contributed by atoms with Crippen LogP contribution in [0.2, 0.25) is 0 Å². The zero-order valence-corrected chi connectivity index (χ0v) is 22.3. The maximum Gasteiger partial charge on any atom is 0.191 e. The van der Waals surface area contributed by atoms with Gasteiger partial charge in [-0.1, -0.05) is 31.2 Å². The minimum Gasteiger partial charge on any atom is -0.381 e. The molecule has 7 heteroatoms. The largest absolute Gasteiger partial charge is 0.381 e. The van der Waals surface area contributed by atoms with E-state index in [0.717, 1.165) is 70.8 Å². The fourth-order valence-electron chi connectivity index (χ4n) is 4.16. The van der Waals surface area contributed by atoms with Crippen LogP contribution in [0.25, 0.3) is 0 Å². The first kappa shape index (κ1) is 27.3. The van der Waals surface area contributed by atoms with Crippen LogP contribution in [0.15, 0.2) is 29.3 Å². The predicted octanol–water partition coefficient (Wildman–Crippen LogP) is 4.03. The van der Waals surface area contributed by atoms with Crippen LogP contribution in [0.1, 0.15) is 50.7 Å². The Morgan fingerprint density at radius 1 is 1.19 bits per heavy atom. The lowest BCUT2D eigenvalue weighted by molar-refractivity contribution is 0.0888. The van der Waals surface area contributed by atoms with Crippen molar-refractivity contribution in [1.29, 1.82) is 0 Å². The van der Waals surface area contributed by atoms with Crippen LogP contribution in [0.3, 0.4) is 0 Å². The highest BCUT2D eigenvalue weighted by Crippen LogP contribution is 2.18. The molecular weight excluding hydrogens is 515 g/mol. The number of hydrogen-bond acceptors (Lipinski definition) is 4. The molecule has 0 bridgehead atoms. The van der Waals surface area contributed by atoms with Gasteiger partial charge in [-0.3, -0.25) is 4.90 Å². The molecule has 6 nitrogen and oxygen atoms in total. The quantitative estimate of drug-likeness (QED) is 0.186. The van der Waals surface area contributed by atoms with Gasteiger partial charge in [0, 0.05) is 38.8 Å². The van der Waals surface area contributed by atoms with Gasteiger partial charge < -0.3 is 20.1 Å². The van der Waals surface area contributed by atoms with Gasteiger partial charge in [-0.2, -0.15) is 0 Å². The van der Waals surface area contributed by atoms with Crippen LogP contribution < -0.4 is 10.6 Å². The van der Waals surface area contributed by atoms with Crippen LogP contribution >= 0.6 is 24.0 Å². The van der Waals surface area contributed by atoms with Gasteiger partial charge >= 0.3 is 0 Å². The third kappa shape index (κ3) is 10.4. The summed E-state index contributed by atoms with van der Waals surface area (Å²) in [4.78, 5) is 7.37. The molecular formula is C25H43IN4O2. The van der Waals surface area contributed by atoms with E-state index in [1.165, 1.54) is 37.1 Å². The van der Waals surface area contributed by atoms with Gasteiger partial charge in [-0.15, -0.1) is 24.0 Å². The molecule has 0 saturated carbocycles. The Morgan fingerprint density at radius 2 is 2.00 bits per heavy atom. The van der Waals surface area contributed by atoms with E-state index in [9.17, 15) is 0 Å². The minimum absolute atomic E-state index is 0. The highest BCUT2D eigenvalue weighted by atomic mass is 127. The third-order valence-electron chi connectivity index (χ3n) is 6.17. The number of aliphatic imine (C=N–C) groups is 1. The number of nitrogens with one attached hydrogen (secondary N) is 2. The van der Waals surface area contributed by atoms with E-state index < -0.39 is 0 Å². The molecule has 32 heavy (non-hydrogen) atoms. The molecule has 1 atom stereocenters. The van der Waals surface area contributed by atoms with E-state index in [1.807, 2.05) is 0 Å². The summed E-state index contributed by atoms with van der Waals surface area (Å²) in [5.74, 6) is 2.34. The van der Waals surface area contributed by atoms with Crippen LogP contribution in [-0.2, 0) is 22.6 Å². The van der Waals surface area contributed by atoms with Crippen molar-refractivity contribution >= 4 is 29.9 Å². The predicted molar refractivity (Wildman–Crippen MR) is 143 cm³/mol. The fraction of sp³-hybridized carbons (Fsp3) is 0.720. The molecule has 2 fully saturated rings. The summed E-state index contributed by atoms with van der Waals surface area (Å²) < 4.78 is 11.2. The van der Waals surface area contributed by atoms with Crippen LogP contribution in [-0.4, -0.2) is 63.5 Å². The molecule has 0 radical (unpaired) electrons. The molecule has 1 unspecified atom stereocenters. The van der Waals surface area contributed by atoms with Crippen molar-refractivity contribution in [3.8, 4) is 0 Å². The smallest absolute Gasteiger partial charge is 0.191 e. The standard InChI is InChI=1S/C25H42N4O2.HI/c1-3-26-25(27-11-5-14-30-19-24-10-15-31-20-24)28-17-22-6-4-7-23(16-22)18-29-12-8-21(2)9-13-29;/h4,6-7,16,21,24H,3,5,8-15,17-20H2,1-2H3,(H2,26,27,28);1H. The SMILES string of the molecule is CCNC(=NCc1cccc(CN2CCC(C)CC2)c1)NCCCOCC1CCOC1.I. The Hall–Kier alpha value is -0.900. The van der Waals surface area contributed by atoms with Gasteiger partial charge in [-0.25, -0.2) is 4.99 Å². The first-order valence-corrected chi connectivity index (χ1v) is 12.2.